The van der Waals surface area contributed by atoms with Crippen molar-refractivity contribution in [2.24, 2.45) is 11.8 Å². The predicted molar refractivity (Wildman–Crippen MR) is 172 cm³/mol. The fourth-order valence-electron chi connectivity index (χ4n) is 6.45. The molecule has 12 heteroatoms. The van der Waals surface area contributed by atoms with Gasteiger partial charge in [0.15, 0.2) is 5.60 Å². The number of piperidine rings is 1. The molecule has 1 N–H and O–H groups in total. The zero-order chi connectivity index (χ0) is 33.2. The van der Waals surface area contributed by atoms with Crippen LogP contribution in [0.2, 0.25) is 0 Å². The molecule has 0 spiro atoms. The lowest BCUT2D eigenvalue weighted by Crippen LogP contribution is -2.55. The summed E-state index contributed by atoms with van der Waals surface area (Å²) in [5, 5.41) is 3.14. The Hall–Kier alpha value is -3.38. The molecular formula is C34H50N4O8. The minimum absolute atomic E-state index is 0.00411. The number of carbonyl (C=O) groups excluding carboxylic acids is 4. The number of hydrogen-bond acceptors (Lipinski definition) is 8. The van der Waals surface area contributed by atoms with E-state index < -0.39 is 29.1 Å². The summed E-state index contributed by atoms with van der Waals surface area (Å²) in [4.78, 5) is 59.8. The molecule has 46 heavy (non-hydrogen) atoms. The first-order valence-corrected chi connectivity index (χ1v) is 16.6. The van der Waals surface area contributed by atoms with Crippen molar-refractivity contribution in [3.63, 3.8) is 0 Å². The van der Waals surface area contributed by atoms with E-state index in [2.05, 4.69) is 5.32 Å². The Bertz CT molecular complexity index is 1300. The van der Waals surface area contributed by atoms with Gasteiger partial charge in [0.2, 0.25) is 11.8 Å². The van der Waals surface area contributed by atoms with Gasteiger partial charge in [-0.2, -0.15) is 0 Å². The third kappa shape index (κ3) is 7.94. The van der Waals surface area contributed by atoms with Crippen molar-refractivity contribution >= 4 is 35.2 Å². The van der Waals surface area contributed by atoms with Crippen LogP contribution < -0.4 is 19.9 Å². The van der Waals surface area contributed by atoms with Crippen LogP contribution in [0.3, 0.4) is 0 Å². The Morgan fingerprint density at radius 2 is 1.76 bits per heavy atom. The molecule has 0 bridgehead atoms. The number of hydrogen-bond donors (Lipinski definition) is 1. The number of nitrogens with one attached hydrogen (secondary N) is 1. The van der Waals surface area contributed by atoms with E-state index in [0.717, 1.165) is 25.7 Å². The number of fused-ring (bicyclic) bond motifs is 1. The minimum atomic E-state index is -1.03. The van der Waals surface area contributed by atoms with Gasteiger partial charge in [-0.05, 0) is 91.3 Å². The van der Waals surface area contributed by atoms with E-state index in [1.807, 2.05) is 18.2 Å². The summed E-state index contributed by atoms with van der Waals surface area (Å²) >= 11 is 0. The van der Waals surface area contributed by atoms with E-state index in [1.165, 1.54) is 4.90 Å². The Balaban J connectivity index is 1.41. The zero-order valence-corrected chi connectivity index (χ0v) is 28.1. The molecule has 3 aliphatic heterocycles. The fraction of sp³-hybridized carbons (Fsp3) is 0.706. The second-order valence-electron chi connectivity index (χ2n) is 14.4. The maximum atomic E-state index is 14.5. The van der Waals surface area contributed by atoms with E-state index in [4.69, 9.17) is 18.9 Å². The molecule has 2 atom stereocenters. The third-order valence-corrected chi connectivity index (χ3v) is 8.91. The van der Waals surface area contributed by atoms with Crippen LogP contribution in [0, 0.1) is 11.8 Å². The van der Waals surface area contributed by atoms with Crippen molar-refractivity contribution in [2.75, 3.05) is 56.4 Å². The van der Waals surface area contributed by atoms with Gasteiger partial charge in [0.1, 0.15) is 11.4 Å². The van der Waals surface area contributed by atoms with Crippen molar-refractivity contribution in [3.8, 4) is 5.75 Å². The molecule has 1 aromatic rings. The van der Waals surface area contributed by atoms with Crippen molar-refractivity contribution in [1.82, 2.24) is 10.2 Å². The van der Waals surface area contributed by atoms with Gasteiger partial charge < -0.3 is 39.0 Å². The number of carbonyl (C=O) groups is 4. The molecule has 2 saturated heterocycles. The molecule has 4 amide bonds. The van der Waals surface area contributed by atoms with Gasteiger partial charge in [-0.15, -0.1) is 0 Å². The van der Waals surface area contributed by atoms with E-state index in [-0.39, 0.29) is 42.9 Å². The number of benzene rings is 1. The Morgan fingerprint density at radius 1 is 1.07 bits per heavy atom. The Labute approximate surface area is 272 Å². The molecule has 1 saturated carbocycles. The topological polar surface area (TPSA) is 127 Å². The molecule has 3 fully saturated rings. The Morgan fingerprint density at radius 3 is 2.41 bits per heavy atom. The number of amides is 4. The summed E-state index contributed by atoms with van der Waals surface area (Å²) in [5.74, 6) is -1.06. The average molecular weight is 643 g/mol. The highest BCUT2D eigenvalue weighted by molar-refractivity contribution is 6.04. The minimum Gasteiger partial charge on any atom is -0.476 e. The molecule has 254 valence electrons. The van der Waals surface area contributed by atoms with E-state index >= 15 is 0 Å². The summed E-state index contributed by atoms with van der Waals surface area (Å²) in [6, 6.07) is 5.54. The first-order valence-electron chi connectivity index (χ1n) is 16.6. The van der Waals surface area contributed by atoms with Crippen LogP contribution in [0.1, 0.15) is 73.1 Å². The first-order chi connectivity index (χ1) is 21.8. The second kappa shape index (κ2) is 13.8. The van der Waals surface area contributed by atoms with Crippen LogP contribution in [0.5, 0.6) is 5.75 Å². The van der Waals surface area contributed by atoms with Gasteiger partial charge in [-0.1, -0.05) is 0 Å². The van der Waals surface area contributed by atoms with E-state index in [0.29, 0.717) is 56.3 Å². The monoisotopic (exact) mass is 642 g/mol. The smallest absolute Gasteiger partial charge is 0.410 e. The lowest BCUT2D eigenvalue weighted by Gasteiger charge is -2.41. The van der Waals surface area contributed by atoms with Gasteiger partial charge in [-0.25, -0.2) is 4.79 Å². The fourth-order valence-corrected chi connectivity index (χ4v) is 6.45. The standard InChI is InChI=1S/C34H50N4O8/c1-33(2,3)46-32(42)36-20-22(29(39)35-24-12-16-44-17-13-24)18-23(21-36)30(40)38(25-8-9-25)26-10-11-28-27(19-26)37(14-7-15-43-6)31(41)34(4,5)45-28/h10-11,19,22-25H,7-9,12-18,20-21H2,1-6H3,(H,35,39)/t22-,23+/m0/s1. The van der Waals surface area contributed by atoms with Crippen LogP contribution in [0.15, 0.2) is 18.2 Å². The van der Waals surface area contributed by atoms with Crippen molar-refractivity contribution in [3.05, 3.63) is 18.2 Å². The highest BCUT2D eigenvalue weighted by Gasteiger charge is 2.45. The normalized spacial score (nSPS) is 23.3. The summed E-state index contributed by atoms with van der Waals surface area (Å²) in [5.41, 5.74) is -0.470. The van der Waals surface area contributed by atoms with Crippen LogP contribution in [-0.4, -0.2) is 98.6 Å². The van der Waals surface area contributed by atoms with Gasteiger partial charge in [0, 0.05) is 64.3 Å². The van der Waals surface area contributed by atoms with Crippen molar-refractivity contribution < 1.29 is 38.1 Å². The first kappa shape index (κ1) is 34.0. The highest BCUT2D eigenvalue weighted by Crippen LogP contribution is 2.43. The molecular weight excluding hydrogens is 592 g/mol. The van der Waals surface area contributed by atoms with Gasteiger partial charge in [0.05, 0.1) is 17.5 Å². The number of methoxy groups -OCH3 is 1. The van der Waals surface area contributed by atoms with Gasteiger partial charge in [-0.3, -0.25) is 14.4 Å². The van der Waals surface area contributed by atoms with Crippen LogP contribution in [0.4, 0.5) is 16.2 Å². The molecule has 3 heterocycles. The lowest BCUT2D eigenvalue weighted by atomic mass is 9.87. The molecule has 1 aromatic carbocycles. The summed E-state index contributed by atoms with van der Waals surface area (Å²) in [6.07, 6.45) is 3.59. The molecule has 0 radical (unpaired) electrons. The highest BCUT2D eigenvalue weighted by atomic mass is 16.6. The van der Waals surface area contributed by atoms with Gasteiger partial charge >= 0.3 is 6.09 Å². The number of nitrogens with zero attached hydrogens (tertiary/aromatic N) is 3. The second-order valence-corrected chi connectivity index (χ2v) is 14.4. The number of ether oxygens (including phenoxy) is 4. The lowest BCUT2D eigenvalue weighted by molar-refractivity contribution is -0.133. The summed E-state index contributed by atoms with van der Waals surface area (Å²) in [7, 11) is 1.63. The maximum Gasteiger partial charge on any atom is 0.410 e. The Kier molecular flexibility index (Phi) is 10.2. The molecule has 1 aliphatic carbocycles. The number of likely N-dealkylation sites (tertiary alicyclic amines) is 1. The van der Waals surface area contributed by atoms with E-state index in [9.17, 15) is 19.2 Å². The maximum absolute atomic E-state index is 14.5. The molecule has 12 nitrogen and oxygen atoms in total. The number of rotatable bonds is 9. The average Bonchev–Trinajstić information content (AvgIpc) is 3.84. The molecule has 5 rings (SSSR count). The van der Waals surface area contributed by atoms with Crippen LogP contribution in [-0.2, 0) is 28.6 Å². The quantitative estimate of drug-likeness (QED) is 0.402. The van der Waals surface area contributed by atoms with Crippen LogP contribution >= 0.6 is 0 Å². The van der Waals surface area contributed by atoms with Crippen LogP contribution in [0.25, 0.3) is 0 Å². The third-order valence-electron chi connectivity index (χ3n) is 8.91. The zero-order valence-electron chi connectivity index (χ0n) is 28.1. The van der Waals surface area contributed by atoms with Gasteiger partial charge in [0.25, 0.3) is 5.91 Å². The molecule has 0 aromatic heterocycles. The van der Waals surface area contributed by atoms with Crippen molar-refractivity contribution in [2.45, 2.75) is 96.4 Å². The largest absolute Gasteiger partial charge is 0.476 e. The molecule has 4 aliphatic rings. The van der Waals surface area contributed by atoms with E-state index in [1.54, 1.807) is 51.5 Å². The summed E-state index contributed by atoms with van der Waals surface area (Å²) in [6.45, 7) is 11.4. The number of anilines is 2. The SMILES string of the molecule is COCCCN1C(=O)C(C)(C)Oc2ccc(N(C(=O)[C@@H]3C[C@H](C(=O)NC4CCOCC4)CN(C(=O)OC(C)(C)C)C3)C3CC3)cc21. The summed E-state index contributed by atoms with van der Waals surface area (Å²) < 4.78 is 22.5. The predicted octanol–water partition coefficient (Wildman–Crippen LogP) is 3.89. The molecule has 0 unspecified atom stereocenters. The van der Waals surface area contributed by atoms with Crippen molar-refractivity contribution in [1.29, 1.82) is 0 Å².